The maximum atomic E-state index is 11.9. The summed E-state index contributed by atoms with van der Waals surface area (Å²) in [7, 11) is 0. The average Bonchev–Trinajstić information content (AvgIpc) is 2.45. The standard InChI is InChI=1S/C14H26N2O2/c17-14(13-5-11-18-12-6-13)15-7-4-10-16-8-2-1-3-9-16/h13H,1-12H2,(H,15,17). The van der Waals surface area contributed by atoms with Crippen molar-refractivity contribution in [3.63, 3.8) is 0 Å². The molecule has 4 heteroatoms. The van der Waals surface area contributed by atoms with Crippen molar-refractivity contribution >= 4 is 5.91 Å². The Balaban J connectivity index is 1.52. The van der Waals surface area contributed by atoms with Crippen molar-refractivity contribution in [2.24, 2.45) is 5.92 Å². The number of amides is 1. The molecule has 0 spiro atoms. The highest BCUT2D eigenvalue weighted by Gasteiger charge is 2.20. The summed E-state index contributed by atoms with van der Waals surface area (Å²) >= 11 is 0. The maximum Gasteiger partial charge on any atom is 0.223 e. The minimum Gasteiger partial charge on any atom is -0.381 e. The zero-order valence-corrected chi connectivity index (χ0v) is 11.3. The number of hydrogen-bond acceptors (Lipinski definition) is 3. The second-order valence-corrected chi connectivity index (χ2v) is 5.43. The zero-order valence-electron chi connectivity index (χ0n) is 11.3. The molecule has 2 fully saturated rings. The van der Waals surface area contributed by atoms with Crippen molar-refractivity contribution < 1.29 is 9.53 Å². The molecule has 1 N–H and O–H groups in total. The van der Waals surface area contributed by atoms with E-state index < -0.39 is 0 Å². The quantitative estimate of drug-likeness (QED) is 0.754. The molecule has 2 heterocycles. The third-order valence-corrected chi connectivity index (χ3v) is 3.99. The number of rotatable bonds is 5. The van der Waals surface area contributed by atoms with Crippen LogP contribution in [0.4, 0.5) is 0 Å². The third-order valence-electron chi connectivity index (χ3n) is 3.99. The van der Waals surface area contributed by atoms with E-state index >= 15 is 0 Å². The second kappa shape index (κ2) is 7.74. The first-order chi connectivity index (χ1) is 8.86. The summed E-state index contributed by atoms with van der Waals surface area (Å²) in [6, 6.07) is 0. The van der Waals surface area contributed by atoms with E-state index in [2.05, 4.69) is 10.2 Å². The number of likely N-dealkylation sites (tertiary alicyclic amines) is 1. The van der Waals surface area contributed by atoms with E-state index in [1.54, 1.807) is 0 Å². The Morgan fingerprint density at radius 1 is 1.17 bits per heavy atom. The fraction of sp³-hybridized carbons (Fsp3) is 0.929. The van der Waals surface area contributed by atoms with Crippen molar-refractivity contribution in [3.05, 3.63) is 0 Å². The highest BCUT2D eigenvalue weighted by molar-refractivity contribution is 5.78. The molecule has 18 heavy (non-hydrogen) atoms. The molecular weight excluding hydrogens is 228 g/mol. The van der Waals surface area contributed by atoms with Crippen molar-refractivity contribution in [1.82, 2.24) is 10.2 Å². The van der Waals surface area contributed by atoms with Crippen LogP contribution < -0.4 is 5.32 Å². The second-order valence-electron chi connectivity index (χ2n) is 5.43. The molecule has 0 radical (unpaired) electrons. The lowest BCUT2D eigenvalue weighted by molar-refractivity contribution is -0.127. The Labute approximate surface area is 110 Å². The first-order valence-corrected chi connectivity index (χ1v) is 7.44. The summed E-state index contributed by atoms with van der Waals surface area (Å²) < 4.78 is 5.27. The molecule has 0 aromatic carbocycles. The lowest BCUT2D eigenvalue weighted by Crippen LogP contribution is -2.37. The van der Waals surface area contributed by atoms with Crippen LogP contribution in [0, 0.1) is 5.92 Å². The third kappa shape index (κ3) is 4.58. The molecule has 4 nitrogen and oxygen atoms in total. The molecule has 0 aromatic heterocycles. The summed E-state index contributed by atoms with van der Waals surface area (Å²) in [6.45, 7) is 5.93. The van der Waals surface area contributed by atoms with Crippen LogP contribution in [0.2, 0.25) is 0 Å². The first-order valence-electron chi connectivity index (χ1n) is 7.44. The molecule has 0 atom stereocenters. The van der Waals surface area contributed by atoms with E-state index in [1.165, 1.54) is 32.4 Å². The van der Waals surface area contributed by atoms with Crippen LogP contribution in [0.1, 0.15) is 38.5 Å². The molecule has 2 aliphatic heterocycles. The zero-order chi connectivity index (χ0) is 12.6. The van der Waals surface area contributed by atoms with Crippen molar-refractivity contribution in [2.75, 3.05) is 39.4 Å². The molecule has 2 rings (SSSR count). The van der Waals surface area contributed by atoms with Gasteiger partial charge in [-0.15, -0.1) is 0 Å². The van der Waals surface area contributed by atoms with Gasteiger partial charge in [-0.25, -0.2) is 0 Å². The molecule has 2 saturated heterocycles. The Kier molecular flexibility index (Phi) is 5.94. The van der Waals surface area contributed by atoms with E-state index in [0.717, 1.165) is 45.6 Å². The van der Waals surface area contributed by atoms with Crippen LogP contribution in [0.5, 0.6) is 0 Å². The van der Waals surface area contributed by atoms with Gasteiger partial charge in [-0.2, -0.15) is 0 Å². The van der Waals surface area contributed by atoms with Crippen LogP contribution in [0.15, 0.2) is 0 Å². The summed E-state index contributed by atoms with van der Waals surface area (Å²) in [4.78, 5) is 14.4. The van der Waals surface area contributed by atoms with Crippen LogP contribution >= 0.6 is 0 Å². The highest BCUT2D eigenvalue weighted by atomic mass is 16.5. The summed E-state index contributed by atoms with van der Waals surface area (Å²) in [6.07, 6.45) is 6.92. The van der Waals surface area contributed by atoms with E-state index in [1.807, 2.05) is 0 Å². The first kappa shape index (κ1) is 13.8. The normalized spacial score (nSPS) is 22.9. The smallest absolute Gasteiger partial charge is 0.223 e. The van der Waals surface area contributed by atoms with Gasteiger partial charge in [-0.1, -0.05) is 6.42 Å². The number of ether oxygens (including phenoxy) is 1. The molecular formula is C14H26N2O2. The fourth-order valence-electron chi connectivity index (χ4n) is 2.80. The van der Waals surface area contributed by atoms with Gasteiger partial charge in [0.15, 0.2) is 0 Å². The van der Waals surface area contributed by atoms with Crippen molar-refractivity contribution in [3.8, 4) is 0 Å². The van der Waals surface area contributed by atoms with Crippen molar-refractivity contribution in [2.45, 2.75) is 38.5 Å². The van der Waals surface area contributed by atoms with Gasteiger partial charge in [-0.3, -0.25) is 4.79 Å². The minimum absolute atomic E-state index is 0.189. The van der Waals surface area contributed by atoms with E-state index in [0.29, 0.717) is 0 Å². The number of carbonyl (C=O) groups is 1. The lowest BCUT2D eigenvalue weighted by atomic mass is 9.99. The molecule has 0 bridgehead atoms. The molecule has 0 aliphatic carbocycles. The van der Waals surface area contributed by atoms with Gasteiger partial charge in [0.05, 0.1) is 0 Å². The number of hydrogen-bond donors (Lipinski definition) is 1. The number of carbonyl (C=O) groups excluding carboxylic acids is 1. The van der Waals surface area contributed by atoms with E-state index in [9.17, 15) is 4.79 Å². The number of nitrogens with zero attached hydrogens (tertiary/aromatic N) is 1. The monoisotopic (exact) mass is 254 g/mol. The largest absolute Gasteiger partial charge is 0.381 e. The molecule has 104 valence electrons. The molecule has 2 aliphatic rings. The summed E-state index contributed by atoms with van der Waals surface area (Å²) in [5.74, 6) is 0.422. The van der Waals surface area contributed by atoms with Gasteiger partial charge in [0.2, 0.25) is 5.91 Å². The Hall–Kier alpha value is -0.610. The van der Waals surface area contributed by atoms with Gasteiger partial charge in [0.1, 0.15) is 0 Å². The molecule has 0 unspecified atom stereocenters. The predicted octanol–water partition coefficient (Wildman–Crippen LogP) is 1.41. The average molecular weight is 254 g/mol. The van der Waals surface area contributed by atoms with E-state index in [-0.39, 0.29) is 11.8 Å². The van der Waals surface area contributed by atoms with E-state index in [4.69, 9.17) is 4.74 Å². The molecule has 0 saturated carbocycles. The summed E-state index contributed by atoms with van der Waals surface area (Å²) in [5, 5.41) is 3.07. The van der Waals surface area contributed by atoms with Gasteiger partial charge in [0, 0.05) is 25.7 Å². The van der Waals surface area contributed by atoms with Crippen molar-refractivity contribution in [1.29, 1.82) is 0 Å². The summed E-state index contributed by atoms with van der Waals surface area (Å²) in [5.41, 5.74) is 0. The van der Waals surface area contributed by atoms with Crippen LogP contribution in [0.25, 0.3) is 0 Å². The molecule has 0 aromatic rings. The van der Waals surface area contributed by atoms with Crippen LogP contribution in [-0.4, -0.2) is 50.2 Å². The topological polar surface area (TPSA) is 41.6 Å². The van der Waals surface area contributed by atoms with Gasteiger partial charge < -0.3 is 15.0 Å². The van der Waals surface area contributed by atoms with Crippen LogP contribution in [-0.2, 0) is 9.53 Å². The number of nitrogens with one attached hydrogen (secondary N) is 1. The lowest BCUT2D eigenvalue weighted by Gasteiger charge is -2.26. The maximum absolute atomic E-state index is 11.9. The Morgan fingerprint density at radius 2 is 1.89 bits per heavy atom. The number of piperidine rings is 1. The van der Waals surface area contributed by atoms with Crippen LogP contribution in [0.3, 0.4) is 0 Å². The Bertz CT molecular complexity index is 246. The van der Waals surface area contributed by atoms with Gasteiger partial charge >= 0.3 is 0 Å². The fourth-order valence-corrected chi connectivity index (χ4v) is 2.80. The Morgan fingerprint density at radius 3 is 2.61 bits per heavy atom. The van der Waals surface area contributed by atoms with Gasteiger partial charge in [-0.05, 0) is 51.7 Å². The van der Waals surface area contributed by atoms with Gasteiger partial charge in [0.25, 0.3) is 0 Å². The SMILES string of the molecule is O=C(NCCCN1CCCCC1)C1CCOCC1. The highest BCUT2D eigenvalue weighted by Crippen LogP contribution is 2.14. The molecule has 1 amide bonds. The predicted molar refractivity (Wildman–Crippen MR) is 71.5 cm³/mol. The minimum atomic E-state index is 0.189.